The molecule has 6 nitrogen and oxygen atoms in total. The summed E-state index contributed by atoms with van der Waals surface area (Å²) in [5, 5.41) is 17.9. The van der Waals surface area contributed by atoms with Crippen molar-refractivity contribution in [2.45, 2.75) is 31.5 Å². The highest BCUT2D eigenvalue weighted by molar-refractivity contribution is 6.42. The number of rotatable bonds is 6. The summed E-state index contributed by atoms with van der Waals surface area (Å²) in [6, 6.07) is 20.1. The van der Waals surface area contributed by atoms with E-state index in [9.17, 15) is 14.7 Å². The fraction of sp³-hybridized carbons (Fsp3) is 0.200. The molecule has 3 amide bonds. The minimum atomic E-state index is -2.29. The van der Waals surface area contributed by atoms with Crippen molar-refractivity contribution in [2.75, 3.05) is 10.2 Å². The quantitative estimate of drug-likeness (QED) is 0.443. The van der Waals surface area contributed by atoms with Crippen LogP contribution < -0.4 is 15.5 Å². The van der Waals surface area contributed by atoms with Gasteiger partial charge in [0.25, 0.3) is 11.6 Å². The third kappa shape index (κ3) is 4.55. The number of carbonyl (C=O) groups excluding carboxylic acids is 2. The van der Waals surface area contributed by atoms with Gasteiger partial charge in [-0.25, -0.2) is 4.79 Å². The fourth-order valence-corrected chi connectivity index (χ4v) is 4.20. The number of aliphatic hydroxyl groups is 1. The average Bonchev–Trinajstić information content (AvgIpc) is 2.80. The molecule has 8 heteroatoms. The van der Waals surface area contributed by atoms with E-state index in [0.717, 1.165) is 16.9 Å². The van der Waals surface area contributed by atoms with Crippen molar-refractivity contribution in [3.8, 4) is 0 Å². The van der Waals surface area contributed by atoms with Gasteiger partial charge < -0.3 is 15.7 Å². The predicted octanol–water partition coefficient (Wildman–Crippen LogP) is 5.33. The molecule has 0 fully saturated rings. The number of hydrogen-bond acceptors (Lipinski definition) is 3. The van der Waals surface area contributed by atoms with Crippen LogP contribution in [0.2, 0.25) is 10.0 Å². The van der Waals surface area contributed by atoms with Crippen LogP contribution in [-0.2, 0) is 16.9 Å². The summed E-state index contributed by atoms with van der Waals surface area (Å²) in [5.41, 5.74) is -0.308. The van der Waals surface area contributed by atoms with Crippen molar-refractivity contribution in [3.05, 3.63) is 94.0 Å². The summed E-state index contributed by atoms with van der Waals surface area (Å²) in [7, 11) is 0. The zero-order valence-corrected chi connectivity index (χ0v) is 19.4. The van der Waals surface area contributed by atoms with Gasteiger partial charge in [0.1, 0.15) is 0 Å². The van der Waals surface area contributed by atoms with Gasteiger partial charge in [0.15, 0.2) is 0 Å². The Bertz CT molecular complexity index is 1190. The third-order valence-electron chi connectivity index (χ3n) is 5.64. The summed E-state index contributed by atoms with van der Waals surface area (Å²) in [4.78, 5) is 27.6. The molecule has 0 spiro atoms. The Hall–Kier alpha value is -3.06. The number of benzene rings is 3. The van der Waals surface area contributed by atoms with E-state index >= 15 is 0 Å². The van der Waals surface area contributed by atoms with Crippen molar-refractivity contribution in [1.82, 2.24) is 5.32 Å². The molecule has 0 radical (unpaired) electrons. The minimum absolute atomic E-state index is 0.194. The van der Waals surface area contributed by atoms with E-state index in [0.29, 0.717) is 17.1 Å². The Balaban J connectivity index is 1.66. The topological polar surface area (TPSA) is 81.7 Å². The van der Waals surface area contributed by atoms with Gasteiger partial charge >= 0.3 is 6.03 Å². The highest BCUT2D eigenvalue weighted by Crippen LogP contribution is 2.41. The number of urea groups is 1. The van der Waals surface area contributed by atoms with E-state index in [4.69, 9.17) is 23.2 Å². The molecule has 4 rings (SSSR count). The molecule has 0 saturated heterocycles. The maximum Gasteiger partial charge on any atom is 0.329 e. The van der Waals surface area contributed by atoms with E-state index in [1.807, 2.05) is 37.3 Å². The SMILES string of the molecule is C[C@@H](CCc1ccccc1)NC(=O)[C@]1(O)c2ccccc2NC(=O)N1c1ccc(Cl)c(Cl)c1. The van der Waals surface area contributed by atoms with Crippen LogP contribution in [0.15, 0.2) is 72.8 Å². The van der Waals surface area contributed by atoms with Gasteiger partial charge in [-0.15, -0.1) is 0 Å². The molecule has 0 saturated carbocycles. The van der Waals surface area contributed by atoms with Gasteiger partial charge in [-0.3, -0.25) is 9.69 Å². The van der Waals surface area contributed by atoms with Gasteiger partial charge in [-0.2, -0.15) is 0 Å². The molecule has 3 N–H and O–H groups in total. The number of carbonyl (C=O) groups is 2. The van der Waals surface area contributed by atoms with Crippen LogP contribution in [0.4, 0.5) is 16.2 Å². The zero-order valence-electron chi connectivity index (χ0n) is 17.9. The number of hydrogen-bond donors (Lipinski definition) is 3. The van der Waals surface area contributed by atoms with Crippen LogP contribution in [0.1, 0.15) is 24.5 Å². The third-order valence-corrected chi connectivity index (χ3v) is 6.37. The molecule has 0 aliphatic carbocycles. The summed E-state index contributed by atoms with van der Waals surface area (Å²) in [6.45, 7) is 1.86. The number of nitrogens with one attached hydrogen (secondary N) is 2. The number of anilines is 2. The monoisotopic (exact) mass is 483 g/mol. The summed E-state index contributed by atoms with van der Waals surface area (Å²) < 4.78 is 0. The van der Waals surface area contributed by atoms with Gasteiger partial charge in [0.2, 0.25) is 0 Å². The van der Waals surface area contributed by atoms with Gasteiger partial charge in [-0.05, 0) is 49.6 Å². The molecule has 0 unspecified atom stereocenters. The van der Waals surface area contributed by atoms with Crippen molar-refractivity contribution >= 4 is 46.5 Å². The molecule has 170 valence electrons. The first-order valence-electron chi connectivity index (χ1n) is 10.5. The fourth-order valence-electron chi connectivity index (χ4n) is 3.91. The van der Waals surface area contributed by atoms with Gasteiger partial charge in [0, 0.05) is 11.6 Å². The summed E-state index contributed by atoms with van der Waals surface area (Å²) in [6.07, 6.45) is 1.42. The van der Waals surface area contributed by atoms with E-state index in [2.05, 4.69) is 10.6 Å². The Kier molecular flexibility index (Phi) is 6.61. The summed E-state index contributed by atoms with van der Waals surface area (Å²) >= 11 is 12.2. The molecule has 0 aromatic heterocycles. The second-order valence-corrected chi connectivity index (χ2v) is 8.79. The van der Waals surface area contributed by atoms with E-state index in [1.54, 1.807) is 24.3 Å². The van der Waals surface area contributed by atoms with Crippen LogP contribution in [0, 0.1) is 0 Å². The van der Waals surface area contributed by atoms with Gasteiger partial charge in [0.05, 0.1) is 21.4 Å². The van der Waals surface area contributed by atoms with E-state index in [1.165, 1.54) is 18.2 Å². The van der Waals surface area contributed by atoms with Crippen LogP contribution in [0.5, 0.6) is 0 Å². The number of aryl methyl sites for hydroxylation is 1. The predicted molar refractivity (Wildman–Crippen MR) is 131 cm³/mol. The second kappa shape index (κ2) is 9.43. The number of halogens is 2. The lowest BCUT2D eigenvalue weighted by atomic mass is 9.94. The zero-order chi connectivity index (χ0) is 23.6. The minimum Gasteiger partial charge on any atom is -0.359 e. The van der Waals surface area contributed by atoms with E-state index in [-0.39, 0.29) is 22.3 Å². The highest BCUT2D eigenvalue weighted by atomic mass is 35.5. The van der Waals surface area contributed by atoms with Crippen LogP contribution in [0.3, 0.4) is 0 Å². The Morgan fingerprint density at radius 2 is 1.76 bits per heavy atom. The lowest BCUT2D eigenvalue weighted by Gasteiger charge is -2.43. The maximum atomic E-state index is 13.5. The van der Waals surface area contributed by atoms with Crippen molar-refractivity contribution in [1.29, 1.82) is 0 Å². The molecule has 3 aromatic carbocycles. The van der Waals surface area contributed by atoms with Crippen LogP contribution in [0.25, 0.3) is 0 Å². The lowest BCUT2D eigenvalue weighted by Crippen LogP contribution is -2.63. The van der Waals surface area contributed by atoms with Crippen LogP contribution in [-0.4, -0.2) is 23.1 Å². The molecule has 1 aliphatic rings. The molecule has 33 heavy (non-hydrogen) atoms. The normalized spacial score (nSPS) is 18.3. The highest BCUT2D eigenvalue weighted by Gasteiger charge is 2.52. The number of para-hydroxylation sites is 1. The number of nitrogens with zero attached hydrogens (tertiary/aromatic N) is 1. The molecule has 1 aliphatic heterocycles. The average molecular weight is 484 g/mol. The largest absolute Gasteiger partial charge is 0.359 e. The first-order valence-corrected chi connectivity index (χ1v) is 11.3. The Labute approximate surface area is 202 Å². The molecule has 1 heterocycles. The molecule has 2 atom stereocenters. The van der Waals surface area contributed by atoms with E-state index < -0.39 is 17.7 Å². The molecule has 3 aromatic rings. The first-order chi connectivity index (χ1) is 15.8. The lowest BCUT2D eigenvalue weighted by molar-refractivity contribution is -0.141. The Morgan fingerprint density at radius 3 is 2.48 bits per heavy atom. The number of amides is 3. The molecular formula is C25H23Cl2N3O3. The Morgan fingerprint density at radius 1 is 1.06 bits per heavy atom. The first kappa shape index (κ1) is 23.1. The van der Waals surface area contributed by atoms with Crippen molar-refractivity contribution in [3.63, 3.8) is 0 Å². The van der Waals surface area contributed by atoms with Crippen molar-refractivity contribution in [2.24, 2.45) is 0 Å². The molecular weight excluding hydrogens is 461 g/mol. The van der Waals surface area contributed by atoms with Crippen LogP contribution >= 0.6 is 23.2 Å². The maximum absolute atomic E-state index is 13.5. The second-order valence-electron chi connectivity index (χ2n) is 7.98. The summed E-state index contributed by atoms with van der Waals surface area (Å²) in [5.74, 6) is -0.712. The standard InChI is InChI=1S/C25H23Cl2N3O3/c1-16(11-12-17-7-3-2-4-8-17)28-23(31)25(33)19-9-5-6-10-22(19)29-24(32)30(25)18-13-14-20(26)21(27)15-18/h2-10,13-16,33H,11-12H2,1H3,(H,28,31)(H,29,32)/t16-,25+/m0/s1. The smallest absolute Gasteiger partial charge is 0.329 e. The molecule has 0 bridgehead atoms. The number of fused-ring (bicyclic) bond motifs is 1. The van der Waals surface area contributed by atoms with Crippen molar-refractivity contribution < 1.29 is 14.7 Å². The van der Waals surface area contributed by atoms with Gasteiger partial charge in [-0.1, -0.05) is 71.7 Å².